The smallest absolute Gasteiger partial charge is 0.0500 e. The van der Waals surface area contributed by atoms with Crippen molar-refractivity contribution >= 4 is 0 Å². The van der Waals surface area contributed by atoms with Crippen molar-refractivity contribution in [3.05, 3.63) is 0 Å². The molecule has 2 fully saturated rings. The van der Waals surface area contributed by atoms with Gasteiger partial charge in [-0.2, -0.15) is 0 Å². The summed E-state index contributed by atoms with van der Waals surface area (Å²) in [4.78, 5) is 2.56. The van der Waals surface area contributed by atoms with E-state index < -0.39 is 0 Å². The van der Waals surface area contributed by atoms with Crippen LogP contribution in [0.15, 0.2) is 0 Å². The van der Waals surface area contributed by atoms with Gasteiger partial charge in [-0.3, -0.25) is 0 Å². The van der Waals surface area contributed by atoms with Crippen LogP contribution in [0.4, 0.5) is 0 Å². The minimum absolute atomic E-state index is 0.0470. The molecule has 1 aliphatic carbocycles. The number of rotatable bonds is 3. The molecule has 0 atom stereocenters. The summed E-state index contributed by atoms with van der Waals surface area (Å²) in [6.45, 7) is 3.19. The Hall–Kier alpha value is -0.120. The summed E-state index contributed by atoms with van der Waals surface area (Å²) >= 11 is 0. The van der Waals surface area contributed by atoms with Crippen LogP contribution in [0.25, 0.3) is 0 Å². The van der Waals surface area contributed by atoms with Gasteiger partial charge >= 0.3 is 0 Å². The normalized spacial score (nSPS) is 29.1. The van der Waals surface area contributed by atoms with Gasteiger partial charge in [-0.15, -0.1) is 0 Å². The molecule has 0 bridgehead atoms. The zero-order valence-corrected chi connectivity index (χ0v) is 8.21. The number of hydrogen-bond donors (Lipinski definition) is 2. The molecule has 13 heavy (non-hydrogen) atoms. The zero-order valence-electron chi connectivity index (χ0n) is 8.21. The second-order valence-electron chi connectivity index (χ2n) is 4.63. The number of nitrogens with two attached hydrogens (primary N) is 1. The first-order valence-corrected chi connectivity index (χ1v) is 5.35. The standard InChI is InChI=1S/C10H20N2O/c11-7-10(8-13)3-5-12(6-4-10)9-1-2-9/h9,13H,1-8,11H2. The Bertz CT molecular complexity index is 166. The van der Waals surface area contributed by atoms with Crippen LogP contribution in [0.3, 0.4) is 0 Å². The Balaban J connectivity index is 1.86. The Kier molecular flexibility index (Phi) is 2.58. The van der Waals surface area contributed by atoms with Crippen molar-refractivity contribution in [2.75, 3.05) is 26.2 Å². The number of likely N-dealkylation sites (tertiary alicyclic amines) is 1. The predicted molar refractivity (Wildman–Crippen MR) is 52.4 cm³/mol. The van der Waals surface area contributed by atoms with Crippen molar-refractivity contribution in [1.29, 1.82) is 0 Å². The third-order valence-electron chi connectivity index (χ3n) is 3.69. The molecule has 0 aromatic rings. The summed E-state index contributed by atoms with van der Waals surface area (Å²) in [6, 6.07) is 0.870. The van der Waals surface area contributed by atoms with Crippen LogP contribution in [-0.4, -0.2) is 42.3 Å². The van der Waals surface area contributed by atoms with Crippen LogP contribution >= 0.6 is 0 Å². The summed E-state index contributed by atoms with van der Waals surface area (Å²) in [5, 5.41) is 9.28. The maximum absolute atomic E-state index is 9.28. The van der Waals surface area contributed by atoms with Crippen molar-refractivity contribution in [3.8, 4) is 0 Å². The van der Waals surface area contributed by atoms with Gasteiger partial charge in [0.15, 0.2) is 0 Å². The zero-order chi connectivity index (χ0) is 9.31. The third kappa shape index (κ3) is 1.87. The molecule has 1 aliphatic heterocycles. The highest BCUT2D eigenvalue weighted by molar-refractivity contribution is 4.92. The Morgan fingerprint density at radius 2 is 1.92 bits per heavy atom. The number of hydrogen-bond acceptors (Lipinski definition) is 3. The SMILES string of the molecule is NCC1(CO)CCN(C2CC2)CC1. The van der Waals surface area contributed by atoms with Gasteiger partial charge in [0.05, 0.1) is 0 Å². The van der Waals surface area contributed by atoms with Crippen LogP contribution in [0.2, 0.25) is 0 Å². The molecule has 2 aliphatic rings. The summed E-state index contributed by atoms with van der Waals surface area (Å²) in [7, 11) is 0. The molecule has 3 nitrogen and oxygen atoms in total. The molecule has 1 saturated carbocycles. The van der Waals surface area contributed by atoms with Gasteiger partial charge in [-0.05, 0) is 38.8 Å². The molecule has 1 saturated heterocycles. The molecule has 2 rings (SSSR count). The predicted octanol–water partition coefficient (Wildman–Crippen LogP) is 0.182. The molecule has 0 aromatic heterocycles. The lowest BCUT2D eigenvalue weighted by molar-refractivity contribution is 0.0478. The van der Waals surface area contributed by atoms with Gasteiger partial charge in [0, 0.05) is 24.6 Å². The summed E-state index contributed by atoms with van der Waals surface area (Å²) in [6.07, 6.45) is 4.93. The van der Waals surface area contributed by atoms with E-state index >= 15 is 0 Å². The van der Waals surface area contributed by atoms with E-state index in [0.29, 0.717) is 6.54 Å². The monoisotopic (exact) mass is 184 g/mol. The van der Waals surface area contributed by atoms with E-state index in [2.05, 4.69) is 4.90 Å². The minimum Gasteiger partial charge on any atom is -0.396 e. The third-order valence-corrected chi connectivity index (χ3v) is 3.69. The fraction of sp³-hybridized carbons (Fsp3) is 1.00. The number of aliphatic hydroxyl groups is 1. The summed E-state index contributed by atoms with van der Waals surface area (Å²) in [5.74, 6) is 0. The van der Waals surface area contributed by atoms with Crippen LogP contribution in [-0.2, 0) is 0 Å². The van der Waals surface area contributed by atoms with Gasteiger partial charge in [-0.1, -0.05) is 0 Å². The summed E-state index contributed by atoms with van der Waals surface area (Å²) < 4.78 is 0. The van der Waals surface area contributed by atoms with Crippen molar-refractivity contribution < 1.29 is 5.11 Å². The van der Waals surface area contributed by atoms with E-state index in [1.165, 1.54) is 12.8 Å². The van der Waals surface area contributed by atoms with E-state index in [9.17, 15) is 5.11 Å². The second kappa shape index (κ2) is 3.56. The minimum atomic E-state index is 0.0470. The van der Waals surface area contributed by atoms with Gasteiger partial charge in [0.25, 0.3) is 0 Å². The molecule has 3 N–H and O–H groups in total. The molecule has 0 spiro atoms. The molecular formula is C10H20N2O. The highest BCUT2D eigenvalue weighted by Crippen LogP contribution is 2.35. The Labute approximate surface area is 79.9 Å². The van der Waals surface area contributed by atoms with Crippen molar-refractivity contribution in [1.82, 2.24) is 4.90 Å². The topological polar surface area (TPSA) is 49.5 Å². The lowest BCUT2D eigenvalue weighted by atomic mass is 9.79. The van der Waals surface area contributed by atoms with E-state index in [0.717, 1.165) is 32.0 Å². The van der Waals surface area contributed by atoms with Gasteiger partial charge in [0.1, 0.15) is 0 Å². The fourth-order valence-electron chi connectivity index (χ4n) is 2.23. The number of piperidine rings is 1. The molecule has 76 valence electrons. The highest BCUT2D eigenvalue weighted by atomic mass is 16.3. The molecule has 1 heterocycles. The maximum atomic E-state index is 9.28. The molecule has 3 heteroatoms. The lowest BCUT2D eigenvalue weighted by Gasteiger charge is -2.40. The first-order valence-electron chi connectivity index (χ1n) is 5.35. The average molecular weight is 184 g/mol. The number of aliphatic hydroxyl groups excluding tert-OH is 1. The maximum Gasteiger partial charge on any atom is 0.0500 e. The lowest BCUT2D eigenvalue weighted by Crippen LogP contribution is -2.46. The van der Waals surface area contributed by atoms with E-state index in [1.807, 2.05) is 0 Å². The molecule has 0 radical (unpaired) electrons. The van der Waals surface area contributed by atoms with Crippen LogP contribution in [0.1, 0.15) is 25.7 Å². The molecule has 0 aromatic carbocycles. The second-order valence-corrected chi connectivity index (χ2v) is 4.63. The molecule has 0 unspecified atom stereocenters. The van der Waals surface area contributed by atoms with Gasteiger partial charge in [0.2, 0.25) is 0 Å². The van der Waals surface area contributed by atoms with Crippen LogP contribution in [0.5, 0.6) is 0 Å². The van der Waals surface area contributed by atoms with Crippen molar-refractivity contribution in [2.45, 2.75) is 31.7 Å². The first kappa shape index (κ1) is 9.44. The van der Waals surface area contributed by atoms with Crippen molar-refractivity contribution in [3.63, 3.8) is 0 Å². The van der Waals surface area contributed by atoms with Crippen LogP contribution < -0.4 is 5.73 Å². The largest absolute Gasteiger partial charge is 0.396 e. The average Bonchev–Trinajstić information content (AvgIpc) is 3.02. The van der Waals surface area contributed by atoms with E-state index in [1.54, 1.807) is 0 Å². The van der Waals surface area contributed by atoms with E-state index in [4.69, 9.17) is 5.73 Å². The van der Waals surface area contributed by atoms with E-state index in [-0.39, 0.29) is 12.0 Å². The first-order chi connectivity index (χ1) is 6.29. The number of nitrogens with zero attached hydrogens (tertiary/aromatic N) is 1. The fourth-order valence-corrected chi connectivity index (χ4v) is 2.23. The highest BCUT2D eigenvalue weighted by Gasteiger charge is 2.37. The molecular weight excluding hydrogens is 164 g/mol. The van der Waals surface area contributed by atoms with Gasteiger partial charge in [-0.25, -0.2) is 0 Å². The Morgan fingerprint density at radius 1 is 1.31 bits per heavy atom. The molecule has 0 amide bonds. The van der Waals surface area contributed by atoms with Crippen LogP contribution in [0, 0.1) is 5.41 Å². The summed E-state index contributed by atoms with van der Waals surface area (Å²) in [5.41, 5.74) is 5.75. The quantitative estimate of drug-likeness (QED) is 0.658. The van der Waals surface area contributed by atoms with Gasteiger partial charge < -0.3 is 15.7 Å². The Morgan fingerprint density at radius 3 is 2.31 bits per heavy atom. The van der Waals surface area contributed by atoms with Crippen molar-refractivity contribution in [2.24, 2.45) is 11.1 Å².